The molecule has 0 amide bonds. The van der Waals surface area contributed by atoms with Gasteiger partial charge in [-0.05, 0) is 43.9 Å². The van der Waals surface area contributed by atoms with E-state index in [0.717, 1.165) is 44.7 Å². The Bertz CT molecular complexity index is 938. The Hall–Kier alpha value is -1.77. The van der Waals surface area contributed by atoms with Crippen LogP contribution in [0.25, 0.3) is 0 Å². The van der Waals surface area contributed by atoms with Crippen molar-refractivity contribution in [3.8, 4) is 0 Å². The molecule has 1 aromatic carbocycles. The number of oxazole rings is 1. The van der Waals surface area contributed by atoms with Gasteiger partial charge in [0, 0.05) is 38.0 Å². The Morgan fingerprint density at radius 2 is 1.93 bits per heavy atom. The minimum absolute atomic E-state index is 0.227. The summed E-state index contributed by atoms with van der Waals surface area (Å²) in [6.07, 6.45) is 7.23. The summed E-state index contributed by atoms with van der Waals surface area (Å²) >= 11 is 0. The van der Waals surface area contributed by atoms with Crippen LogP contribution in [0.1, 0.15) is 48.8 Å². The monoisotopic (exact) mass is 421 g/mol. The van der Waals surface area contributed by atoms with Gasteiger partial charge in [0.05, 0.1) is 12.5 Å². The highest BCUT2D eigenvalue weighted by Crippen LogP contribution is 2.30. The highest BCUT2D eigenvalue weighted by atomic mass is 32.2. The number of nitrogens with zero attached hydrogens (tertiary/aromatic N) is 3. The quantitative estimate of drug-likeness (QED) is 0.743. The van der Waals surface area contributed by atoms with Crippen LogP contribution in [-0.4, -0.2) is 61.1 Å². The van der Waals surface area contributed by atoms with Crippen LogP contribution in [0.3, 0.4) is 0 Å². The molecule has 6 nitrogen and oxygen atoms in total. The van der Waals surface area contributed by atoms with Gasteiger partial charge in [-0.15, -0.1) is 0 Å². The molecule has 0 spiro atoms. The van der Waals surface area contributed by atoms with E-state index in [2.05, 4.69) is 9.88 Å². The third kappa shape index (κ3) is 4.87. The van der Waals surface area contributed by atoms with E-state index in [1.165, 1.54) is 12.3 Å². The van der Waals surface area contributed by atoms with Crippen LogP contribution in [0.4, 0.5) is 4.39 Å². The smallest absolute Gasteiger partial charge is 0.211 e. The zero-order valence-electron chi connectivity index (χ0n) is 16.8. The average Bonchev–Trinajstić information content (AvgIpc) is 3.18. The number of sulfonamides is 1. The maximum absolute atomic E-state index is 13.9. The van der Waals surface area contributed by atoms with Crippen molar-refractivity contribution in [1.82, 2.24) is 14.2 Å². The molecule has 2 aliphatic rings. The molecule has 29 heavy (non-hydrogen) atoms. The van der Waals surface area contributed by atoms with Crippen LogP contribution in [0, 0.1) is 5.82 Å². The van der Waals surface area contributed by atoms with E-state index < -0.39 is 10.0 Å². The maximum Gasteiger partial charge on any atom is 0.211 e. The minimum atomic E-state index is -3.10. The molecule has 2 fully saturated rings. The molecule has 1 aromatic heterocycles. The molecular weight excluding hydrogens is 393 g/mol. The molecule has 2 aromatic rings. The summed E-state index contributed by atoms with van der Waals surface area (Å²) in [7, 11) is -3.10. The first-order valence-electron chi connectivity index (χ1n) is 10.3. The molecule has 3 heterocycles. The van der Waals surface area contributed by atoms with Gasteiger partial charge in [-0.25, -0.2) is 22.1 Å². The summed E-state index contributed by atoms with van der Waals surface area (Å²) in [5, 5.41) is 0. The van der Waals surface area contributed by atoms with Crippen LogP contribution >= 0.6 is 0 Å². The van der Waals surface area contributed by atoms with Crippen LogP contribution in [0.2, 0.25) is 0 Å². The third-order valence-electron chi connectivity index (χ3n) is 6.10. The van der Waals surface area contributed by atoms with E-state index in [0.29, 0.717) is 36.9 Å². The Kier molecular flexibility index (Phi) is 6.03. The molecule has 0 saturated carbocycles. The summed E-state index contributed by atoms with van der Waals surface area (Å²) < 4.78 is 44.9. The van der Waals surface area contributed by atoms with Crippen LogP contribution in [-0.2, 0) is 16.4 Å². The SMILES string of the molecule is CS(=O)(=O)N1CCC(N2CCC[C@@H](c3ncc(Cc4ccccc4F)o3)C2)CC1. The van der Waals surface area contributed by atoms with Crippen LogP contribution < -0.4 is 0 Å². The molecule has 4 rings (SSSR count). The molecular formula is C21H28FN3O3S. The van der Waals surface area contributed by atoms with Gasteiger partial charge in [0.15, 0.2) is 5.89 Å². The van der Waals surface area contributed by atoms with Gasteiger partial charge in [-0.2, -0.15) is 0 Å². The van der Waals surface area contributed by atoms with Gasteiger partial charge >= 0.3 is 0 Å². The van der Waals surface area contributed by atoms with E-state index in [-0.39, 0.29) is 11.7 Å². The lowest BCUT2D eigenvalue weighted by atomic mass is 9.94. The topological polar surface area (TPSA) is 66.7 Å². The first-order valence-corrected chi connectivity index (χ1v) is 12.1. The minimum Gasteiger partial charge on any atom is -0.445 e. The van der Waals surface area contributed by atoms with Gasteiger partial charge in [0.1, 0.15) is 11.6 Å². The molecule has 0 aliphatic carbocycles. The number of hydrogen-bond donors (Lipinski definition) is 0. The zero-order valence-corrected chi connectivity index (χ0v) is 17.6. The van der Waals surface area contributed by atoms with Crippen molar-refractivity contribution in [1.29, 1.82) is 0 Å². The van der Waals surface area contributed by atoms with Gasteiger partial charge in [0.25, 0.3) is 0 Å². The number of likely N-dealkylation sites (tertiary alicyclic amines) is 1. The molecule has 0 bridgehead atoms. The summed E-state index contributed by atoms with van der Waals surface area (Å²) in [4.78, 5) is 6.95. The van der Waals surface area contributed by atoms with Gasteiger partial charge in [-0.1, -0.05) is 18.2 Å². The second kappa shape index (κ2) is 8.53. The predicted octanol–water partition coefficient (Wildman–Crippen LogP) is 3.01. The second-order valence-corrected chi connectivity index (χ2v) is 10.1. The van der Waals surface area contributed by atoms with Gasteiger partial charge in [-0.3, -0.25) is 4.90 Å². The summed E-state index contributed by atoms with van der Waals surface area (Å²) in [5.74, 6) is 1.42. The first kappa shape index (κ1) is 20.5. The van der Waals surface area contributed by atoms with Gasteiger partial charge < -0.3 is 4.42 Å². The number of piperidine rings is 2. The Morgan fingerprint density at radius 1 is 1.17 bits per heavy atom. The van der Waals surface area contributed by atoms with E-state index in [1.54, 1.807) is 22.6 Å². The van der Waals surface area contributed by atoms with Crippen molar-refractivity contribution in [3.63, 3.8) is 0 Å². The van der Waals surface area contributed by atoms with Crippen LogP contribution in [0.5, 0.6) is 0 Å². The lowest BCUT2D eigenvalue weighted by Crippen LogP contribution is -2.49. The molecule has 2 aliphatic heterocycles. The normalized spacial score (nSPS) is 22.8. The van der Waals surface area contributed by atoms with E-state index in [1.807, 2.05) is 6.07 Å². The summed E-state index contributed by atoms with van der Waals surface area (Å²) in [5.41, 5.74) is 0.609. The zero-order chi connectivity index (χ0) is 20.4. The lowest BCUT2D eigenvalue weighted by molar-refractivity contribution is 0.101. The van der Waals surface area contributed by atoms with Crippen molar-refractivity contribution >= 4 is 10.0 Å². The first-order chi connectivity index (χ1) is 13.9. The van der Waals surface area contributed by atoms with Gasteiger partial charge in [0.2, 0.25) is 10.0 Å². The fraction of sp³-hybridized carbons (Fsp3) is 0.571. The molecule has 1 atom stereocenters. The van der Waals surface area contributed by atoms with Crippen molar-refractivity contribution < 1.29 is 17.2 Å². The van der Waals surface area contributed by atoms with E-state index in [9.17, 15) is 12.8 Å². The fourth-order valence-corrected chi connectivity index (χ4v) is 5.38. The standard InChI is InChI=1S/C21H28FN3O3S/c1-29(26,27)25-11-8-18(9-12-25)24-10-4-6-17(15-24)21-23-14-19(28-21)13-16-5-2-3-7-20(16)22/h2-3,5,7,14,17-18H,4,6,8-13,15H2,1H3/t17-/m1/s1. The Balaban J connectivity index is 1.37. The van der Waals surface area contributed by atoms with E-state index >= 15 is 0 Å². The Labute approximate surface area is 171 Å². The highest BCUT2D eigenvalue weighted by Gasteiger charge is 2.33. The van der Waals surface area contributed by atoms with Crippen molar-refractivity contribution in [2.24, 2.45) is 0 Å². The summed E-state index contributed by atoms with van der Waals surface area (Å²) in [6.45, 7) is 3.10. The maximum atomic E-state index is 13.9. The molecule has 158 valence electrons. The van der Waals surface area contributed by atoms with Crippen molar-refractivity contribution in [2.45, 2.75) is 44.1 Å². The molecule has 0 radical (unpaired) electrons. The average molecular weight is 422 g/mol. The lowest BCUT2D eigenvalue weighted by Gasteiger charge is -2.41. The largest absolute Gasteiger partial charge is 0.445 e. The van der Waals surface area contributed by atoms with Crippen LogP contribution in [0.15, 0.2) is 34.9 Å². The highest BCUT2D eigenvalue weighted by molar-refractivity contribution is 7.88. The molecule has 8 heteroatoms. The number of halogens is 1. The summed E-state index contributed by atoms with van der Waals surface area (Å²) in [6, 6.07) is 7.14. The second-order valence-electron chi connectivity index (χ2n) is 8.16. The third-order valence-corrected chi connectivity index (χ3v) is 7.41. The number of rotatable bonds is 5. The number of hydrogen-bond acceptors (Lipinski definition) is 5. The number of aromatic nitrogens is 1. The predicted molar refractivity (Wildman–Crippen MR) is 109 cm³/mol. The van der Waals surface area contributed by atoms with Crippen molar-refractivity contribution in [3.05, 3.63) is 53.5 Å². The fourth-order valence-electron chi connectivity index (χ4n) is 4.50. The number of benzene rings is 1. The molecule has 0 unspecified atom stereocenters. The van der Waals surface area contributed by atoms with Crippen molar-refractivity contribution in [2.75, 3.05) is 32.4 Å². The molecule has 0 N–H and O–H groups in total. The Morgan fingerprint density at radius 3 is 2.66 bits per heavy atom. The van der Waals surface area contributed by atoms with E-state index in [4.69, 9.17) is 4.42 Å². The molecule has 2 saturated heterocycles.